The highest BCUT2D eigenvalue weighted by molar-refractivity contribution is 7.91. The molecule has 1 atom stereocenters. The van der Waals surface area contributed by atoms with Gasteiger partial charge in [-0.1, -0.05) is 25.7 Å². The number of hydrogen-bond donors (Lipinski definition) is 0. The van der Waals surface area contributed by atoms with Crippen LogP contribution in [0.2, 0.25) is 0 Å². The maximum Gasteiger partial charge on any atom is 0.152 e. The van der Waals surface area contributed by atoms with Gasteiger partial charge >= 0.3 is 0 Å². The molecule has 0 aliphatic heterocycles. The third-order valence-electron chi connectivity index (χ3n) is 3.76. The molecular weight excluding hydrogens is 244 g/mol. The lowest BCUT2D eigenvalue weighted by atomic mass is 9.90. The lowest BCUT2D eigenvalue weighted by Gasteiger charge is -2.21. The van der Waals surface area contributed by atoms with Crippen molar-refractivity contribution in [3.05, 3.63) is 0 Å². The summed E-state index contributed by atoms with van der Waals surface area (Å²) in [5, 5.41) is -0.257. The Balaban J connectivity index is 2.45. The third kappa shape index (κ3) is 3.92. The molecule has 0 aromatic rings. The summed E-state index contributed by atoms with van der Waals surface area (Å²) in [6.07, 6.45) is 5.79. The summed E-state index contributed by atoms with van der Waals surface area (Å²) >= 11 is 5.96. The van der Waals surface area contributed by atoms with Gasteiger partial charge in [-0.2, -0.15) is 0 Å². The molecule has 0 saturated heterocycles. The fourth-order valence-electron chi connectivity index (χ4n) is 2.42. The Bertz CT molecular complexity index is 292. The first kappa shape index (κ1) is 14.3. The van der Waals surface area contributed by atoms with E-state index in [0.717, 1.165) is 6.42 Å². The fourth-order valence-corrected chi connectivity index (χ4v) is 3.93. The summed E-state index contributed by atoms with van der Waals surface area (Å²) in [6.45, 7) is 3.50. The molecule has 1 aliphatic rings. The fraction of sp³-hybridized carbons (Fsp3) is 1.00. The minimum absolute atomic E-state index is 0.257. The first-order valence-corrected chi connectivity index (χ1v) is 8.50. The lowest BCUT2D eigenvalue weighted by Crippen LogP contribution is -2.23. The predicted molar refractivity (Wildman–Crippen MR) is 69.7 cm³/mol. The maximum absolute atomic E-state index is 11.7. The largest absolute Gasteiger partial charge is 0.229 e. The summed E-state index contributed by atoms with van der Waals surface area (Å²) in [7, 11) is -2.89. The smallest absolute Gasteiger partial charge is 0.152 e. The Hall–Kier alpha value is 0.240. The molecule has 2 nitrogen and oxygen atoms in total. The second-order valence-corrected chi connectivity index (χ2v) is 8.15. The summed E-state index contributed by atoms with van der Waals surface area (Å²) in [6, 6.07) is 0. The van der Waals surface area contributed by atoms with Crippen molar-refractivity contribution >= 4 is 21.4 Å². The molecule has 1 fully saturated rings. The van der Waals surface area contributed by atoms with E-state index in [2.05, 4.69) is 0 Å². The van der Waals surface area contributed by atoms with Gasteiger partial charge in [0, 0.05) is 5.88 Å². The third-order valence-corrected chi connectivity index (χ3v) is 6.39. The minimum Gasteiger partial charge on any atom is -0.229 e. The normalized spacial score (nSPS) is 20.5. The molecule has 0 heterocycles. The van der Waals surface area contributed by atoms with Gasteiger partial charge in [0.15, 0.2) is 9.84 Å². The molecule has 1 aliphatic carbocycles. The minimum atomic E-state index is -2.89. The number of hydrogen-bond acceptors (Lipinski definition) is 2. The lowest BCUT2D eigenvalue weighted by molar-refractivity contribution is 0.361. The molecule has 0 amide bonds. The summed E-state index contributed by atoms with van der Waals surface area (Å²) in [4.78, 5) is 0. The van der Waals surface area contributed by atoms with E-state index in [4.69, 9.17) is 11.6 Å². The molecule has 0 bridgehead atoms. The Kier molecular flexibility index (Phi) is 5.58. The average molecular weight is 267 g/mol. The van der Waals surface area contributed by atoms with E-state index in [1.54, 1.807) is 13.8 Å². The van der Waals surface area contributed by atoms with Gasteiger partial charge in [-0.05, 0) is 32.1 Å². The van der Waals surface area contributed by atoms with Crippen molar-refractivity contribution in [1.29, 1.82) is 0 Å². The van der Waals surface area contributed by atoms with Crippen molar-refractivity contribution in [2.24, 2.45) is 11.8 Å². The monoisotopic (exact) mass is 266 g/mol. The van der Waals surface area contributed by atoms with Crippen LogP contribution < -0.4 is 0 Å². The van der Waals surface area contributed by atoms with Gasteiger partial charge < -0.3 is 0 Å². The van der Waals surface area contributed by atoms with Crippen LogP contribution in [0.3, 0.4) is 0 Å². The Morgan fingerprint density at radius 3 is 2.25 bits per heavy atom. The standard InChI is InChI=1S/C12H23ClO2S/c1-10(2)16(14,15)8-7-12(9-13)11-5-3-4-6-11/h10-12H,3-9H2,1-2H3. The van der Waals surface area contributed by atoms with Crippen molar-refractivity contribution < 1.29 is 8.42 Å². The zero-order valence-electron chi connectivity index (χ0n) is 10.3. The topological polar surface area (TPSA) is 34.1 Å². The van der Waals surface area contributed by atoms with Crippen LogP contribution >= 0.6 is 11.6 Å². The van der Waals surface area contributed by atoms with Gasteiger partial charge in [-0.3, -0.25) is 0 Å². The molecular formula is C12H23ClO2S. The van der Waals surface area contributed by atoms with Crippen LogP contribution in [0.4, 0.5) is 0 Å². The van der Waals surface area contributed by atoms with Crippen LogP contribution in [0.25, 0.3) is 0 Å². The summed E-state index contributed by atoms with van der Waals surface area (Å²) in [5.41, 5.74) is 0. The predicted octanol–water partition coefficient (Wildman–Crippen LogP) is 3.24. The number of rotatable bonds is 6. The van der Waals surface area contributed by atoms with E-state index >= 15 is 0 Å². The Labute approximate surface area is 105 Å². The molecule has 0 spiro atoms. The van der Waals surface area contributed by atoms with Crippen LogP contribution in [-0.2, 0) is 9.84 Å². The van der Waals surface area contributed by atoms with Gasteiger partial charge in [0.1, 0.15) is 0 Å². The first-order valence-electron chi connectivity index (χ1n) is 6.25. The molecule has 4 heteroatoms. The molecule has 1 rings (SSSR count). The van der Waals surface area contributed by atoms with E-state index in [1.165, 1.54) is 25.7 Å². The molecule has 1 saturated carbocycles. The molecule has 0 aromatic carbocycles. The Morgan fingerprint density at radius 2 is 1.81 bits per heavy atom. The summed E-state index contributed by atoms with van der Waals surface area (Å²) < 4.78 is 23.4. The SMILES string of the molecule is CC(C)S(=O)(=O)CCC(CCl)C1CCCC1. The van der Waals surface area contributed by atoms with Gasteiger partial charge in [-0.25, -0.2) is 8.42 Å². The zero-order chi connectivity index (χ0) is 12.2. The molecule has 0 radical (unpaired) electrons. The molecule has 16 heavy (non-hydrogen) atoms. The number of halogens is 1. The highest BCUT2D eigenvalue weighted by atomic mass is 35.5. The van der Waals surface area contributed by atoms with Crippen LogP contribution in [0.1, 0.15) is 46.0 Å². The first-order chi connectivity index (χ1) is 7.47. The zero-order valence-corrected chi connectivity index (χ0v) is 11.9. The average Bonchev–Trinajstić information content (AvgIpc) is 2.71. The number of alkyl halides is 1. The van der Waals surface area contributed by atoms with Crippen LogP contribution in [0.5, 0.6) is 0 Å². The van der Waals surface area contributed by atoms with Crippen molar-refractivity contribution in [2.45, 2.75) is 51.2 Å². The molecule has 0 aromatic heterocycles. The van der Waals surface area contributed by atoms with Crippen molar-refractivity contribution in [1.82, 2.24) is 0 Å². The maximum atomic E-state index is 11.7. The second-order valence-electron chi connectivity index (χ2n) is 5.16. The quantitative estimate of drug-likeness (QED) is 0.692. The van der Waals surface area contributed by atoms with Gasteiger partial charge in [0.2, 0.25) is 0 Å². The van der Waals surface area contributed by atoms with Crippen molar-refractivity contribution in [2.75, 3.05) is 11.6 Å². The second kappa shape index (κ2) is 6.25. The molecule has 0 N–H and O–H groups in total. The Morgan fingerprint density at radius 1 is 1.25 bits per heavy atom. The van der Waals surface area contributed by atoms with E-state index < -0.39 is 9.84 Å². The number of sulfone groups is 1. The van der Waals surface area contributed by atoms with E-state index in [-0.39, 0.29) is 5.25 Å². The van der Waals surface area contributed by atoms with Crippen molar-refractivity contribution in [3.8, 4) is 0 Å². The highest BCUT2D eigenvalue weighted by Gasteiger charge is 2.26. The molecule has 1 unspecified atom stereocenters. The van der Waals surface area contributed by atoms with Crippen LogP contribution in [0, 0.1) is 11.8 Å². The van der Waals surface area contributed by atoms with Gasteiger partial charge in [0.25, 0.3) is 0 Å². The van der Waals surface area contributed by atoms with E-state index in [0.29, 0.717) is 23.5 Å². The van der Waals surface area contributed by atoms with E-state index in [1.807, 2.05) is 0 Å². The highest BCUT2D eigenvalue weighted by Crippen LogP contribution is 2.34. The van der Waals surface area contributed by atoms with E-state index in [9.17, 15) is 8.42 Å². The van der Waals surface area contributed by atoms with Gasteiger partial charge in [-0.15, -0.1) is 11.6 Å². The summed E-state index contributed by atoms with van der Waals surface area (Å²) in [5.74, 6) is 1.98. The molecule has 96 valence electrons. The van der Waals surface area contributed by atoms with Crippen molar-refractivity contribution in [3.63, 3.8) is 0 Å². The van der Waals surface area contributed by atoms with Crippen LogP contribution in [-0.4, -0.2) is 25.3 Å². The van der Waals surface area contributed by atoms with Gasteiger partial charge in [0.05, 0.1) is 11.0 Å². The van der Waals surface area contributed by atoms with Crippen LogP contribution in [0.15, 0.2) is 0 Å².